The van der Waals surface area contributed by atoms with Gasteiger partial charge in [-0.3, -0.25) is 0 Å². The van der Waals surface area contributed by atoms with Gasteiger partial charge in [-0.15, -0.1) is 0 Å². The average molecular weight is 231 g/mol. The lowest BCUT2D eigenvalue weighted by Gasteiger charge is -2.63. The largest absolute Gasteiger partial charge is 0.303 e. The van der Waals surface area contributed by atoms with Gasteiger partial charge < -0.3 is 4.79 Å². The summed E-state index contributed by atoms with van der Waals surface area (Å²) in [4.78, 5) is 11.5. The molecular formula is C10H15BrO. The highest BCUT2D eigenvalue weighted by atomic mass is 79.9. The van der Waals surface area contributed by atoms with Gasteiger partial charge in [-0.05, 0) is 23.7 Å². The minimum atomic E-state index is -0.0677. The minimum Gasteiger partial charge on any atom is -0.303 e. The second-order valence-electron chi connectivity index (χ2n) is 5.06. The summed E-state index contributed by atoms with van der Waals surface area (Å²) in [6, 6.07) is 0. The van der Waals surface area contributed by atoms with Crippen molar-refractivity contribution in [3.8, 4) is 0 Å². The van der Waals surface area contributed by atoms with Crippen LogP contribution in [0.1, 0.15) is 33.6 Å². The quantitative estimate of drug-likeness (QED) is 0.501. The van der Waals surface area contributed by atoms with Gasteiger partial charge in [0.15, 0.2) is 0 Å². The molecule has 0 aliphatic heterocycles. The lowest BCUT2D eigenvalue weighted by Crippen LogP contribution is -2.64. The van der Waals surface area contributed by atoms with Crippen molar-refractivity contribution in [2.24, 2.45) is 16.2 Å². The first-order valence-corrected chi connectivity index (χ1v) is 5.44. The lowest BCUT2D eigenvalue weighted by molar-refractivity contribution is -0.145. The molecule has 2 heteroatoms. The first-order chi connectivity index (χ1) is 5.42. The Labute approximate surface area is 82.0 Å². The standard InChI is InChI=1S/C10H15BrO/c1-8(2)9(3)4-5-10(8,6-12)7(9)11/h6-7H,4-5H2,1-3H3/t7?,9-,10-/m1/s1. The molecule has 3 aliphatic carbocycles. The van der Waals surface area contributed by atoms with E-state index < -0.39 is 0 Å². The number of alkyl halides is 1. The third-order valence-corrected chi connectivity index (χ3v) is 6.70. The Balaban J connectivity index is 2.48. The van der Waals surface area contributed by atoms with Crippen molar-refractivity contribution in [1.82, 2.24) is 0 Å². The van der Waals surface area contributed by atoms with E-state index in [9.17, 15) is 4.79 Å². The Morgan fingerprint density at radius 3 is 2.08 bits per heavy atom. The number of halogens is 1. The number of carbonyl (C=O) groups excluding carboxylic acids is 1. The van der Waals surface area contributed by atoms with Gasteiger partial charge in [0, 0.05) is 10.2 Å². The molecule has 0 saturated heterocycles. The van der Waals surface area contributed by atoms with Gasteiger partial charge in [-0.25, -0.2) is 0 Å². The van der Waals surface area contributed by atoms with Crippen LogP contribution >= 0.6 is 15.9 Å². The van der Waals surface area contributed by atoms with Crippen LogP contribution in [0.25, 0.3) is 0 Å². The molecule has 1 unspecified atom stereocenters. The second-order valence-corrected chi connectivity index (χ2v) is 5.98. The average Bonchev–Trinajstić information content (AvgIpc) is 2.40. The van der Waals surface area contributed by atoms with Crippen LogP contribution in [0.4, 0.5) is 0 Å². The molecule has 0 radical (unpaired) electrons. The highest BCUT2D eigenvalue weighted by Crippen LogP contribution is 2.78. The summed E-state index contributed by atoms with van der Waals surface area (Å²) in [5.41, 5.74) is 0.464. The van der Waals surface area contributed by atoms with Gasteiger partial charge in [0.2, 0.25) is 0 Å². The topological polar surface area (TPSA) is 17.1 Å². The fourth-order valence-electron chi connectivity index (χ4n) is 3.27. The first-order valence-electron chi connectivity index (χ1n) is 4.53. The number of aldehydes is 1. The molecule has 0 aromatic heterocycles. The fourth-order valence-corrected chi connectivity index (χ4v) is 4.98. The summed E-state index contributed by atoms with van der Waals surface area (Å²) in [7, 11) is 0. The van der Waals surface area contributed by atoms with Crippen LogP contribution in [-0.4, -0.2) is 11.1 Å². The van der Waals surface area contributed by atoms with Crippen LogP contribution in [0.5, 0.6) is 0 Å². The van der Waals surface area contributed by atoms with Crippen molar-refractivity contribution < 1.29 is 4.79 Å². The zero-order chi connectivity index (χ0) is 9.20. The van der Waals surface area contributed by atoms with Crippen LogP contribution in [0.3, 0.4) is 0 Å². The van der Waals surface area contributed by atoms with E-state index >= 15 is 0 Å². The normalized spacial score (nSPS) is 54.8. The SMILES string of the molecule is CC1(C)[C@@]2(C=O)CC[C@]1(C)C2Br. The number of hydrogen-bond acceptors (Lipinski definition) is 1. The van der Waals surface area contributed by atoms with Crippen LogP contribution in [0, 0.1) is 16.2 Å². The molecule has 3 atom stereocenters. The number of fused-ring (bicyclic) bond motifs is 1. The molecule has 1 nitrogen and oxygen atoms in total. The molecule has 2 bridgehead atoms. The predicted molar refractivity (Wildman–Crippen MR) is 52.3 cm³/mol. The zero-order valence-corrected chi connectivity index (χ0v) is 9.44. The van der Waals surface area contributed by atoms with E-state index in [4.69, 9.17) is 0 Å². The zero-order valence-electron chi connectivity index (χ0n) is 7.86. The third-order valence-electron chi connectivity index (χ3n) is 4.87. The molecule has 0 aromatic rings. The molecular weight excluding hydrogens is 216 g/mol. The Bertz CT molecular complexity index is 248. The summed E-state index contributed by atoms with van der Waals surface area (Å²) in [5, 5.41) is 0. The highest BCUT2D eigenvalue weighted by Gasteiger charge is 2.77. The minimum absolute atomic E-state index is 0.0677. The molecule has 3 fully saturated rings. The molecule has 0 heterocycles. The molecule has 3 rings (SSSR count). The smallest absolute Gasteiger partial charge is 0.127 e. The Morgan fingerprint density at radius 1 is 1.33 bits per heavy atom. The molecule has 68 valence electrons. The maximum absolute atomic E-state index is 11.1. The monoisotopic (exact) mass is 230 g/mol. The second kappa shape index (κ2) is 1.97. The Hall–Kier alpha value is 0.150. The molecule has 0 aromatic carbocycles. The van der Waals surface area contributed by atoms with Crippen molar-refractivity contribution >= 4 is 22.2 Å². The van der Waals surface area contributed by atoms with E-state index in [1.165, 1.54) is 12.7 Å². The van der Waals surface area contributed by atoms with Crippen molar-refractivity contribution in [2.45, 2.75) is 38.4 Å². The van der Waals surface area contributed by atoms with Gasteiger partial charge in [0.25, 0.3) is 0 Å². The van der Waals surface area contributed by atoms with E-state index in [2.05, 4.69) is 36.7 Å². The van der Waals surface area contributed by atoms with Crippen LogP contribution < -0.4 is 0 Å². The van der Waals surface area contributed by atoms with Gasteiger partial charge in [0.1, 0.15) is 6.29 Å². The van der Waals surface area contributed by atoms with E-state index in [1.54, 1.807) is 0 Å². The van der Waals surface area contributed by atoms with E-state index in [-0.39, 0.29) is 10.8 Å². The predicted octanol–water partition coefficient (Wildman–Crippen LogP) is 2.78. The van der Waals surface area contributed by atoms with E-state index in [0.29, 0.717) is 10.2 Å². The summed E-state index contributed by atoms with van der Waals surface area (Å²) >= 11 is 3.67. The molecule has 3 saturated carbocycles. The van der Waals surface area contributed by atoms with E-state index in [1.807, 2.05) is 0 Å². The van der Waals surface area contributed by atoms with Crippen LogP contribution in [-0.2, 0) is 4.79 Å². The fraction of sp³-hybridized carbons (Fsp3) is 0.900. The number of hydrogen-bond donors (Lipinski definition) is 0. The highest BCUT2D eigenvalue weighted by molar-refractivity contribution is 9.09. The first kappa shape index (κ1) is 8.74. The summed E-state index contributed by atoms with van der Waals surface area (Å²) in [5.74, 6) is 0. The number of carbonyl (C=O) groups is 1. The van der Waals surface area contributed by atoms with Crippen LogP contribution in [0.2, 0.25) is 0 Å². The summed E-state index contributed by atoms with van der Waals surface area (Å²) < 4.78 is 0. The van der Waals surface area contributed by atoms with Crippen molar-refractivity contribution in [1.29, 1.82) is 0 Å². The van der Waals surface area contributed by atoms with Gasteiger partial charge in [-0.1, -0.05) is 36.7 Å². The number of rotatable bonds is 1. The Kier molecular flexibility index (Phi) is 1.43. The van der Waals surface area contributed by atoms with Gasteiger partial charge in [-0.2, -0.15) is 0 Å². The third kappa shape index (κ3) is 0.527. The van der Waals surface area contributed by atoms with Crippen molar-refractivity contribution in [2.75, 3.05) is 0 Å². The van der Waals surface area contributed by atoms with Crippen molar-refractivity contribution in [3.05, 3.63) is 0 Å². The summed E-state index contributed by atoms with van der Waals surface area (Å²) in [6.07, 6.45) is 3.44. The molecule has 12 heavy (non-hydrogen) atoms. The van der Waals surface area contributed by atoms with Crippen molar-refractivity contribution in [3.63, 3.8) is 0 Å². The maximum Gasteiger partial charge on any atom is 0.127 e. The maximum atomic E-state index is 11.1. The van der Waals surface area contributed by atoms with Gasteiger partial charge >= 0.3 is 0 Å². The van der Waals surface area contributed by atoms with Crippen LogP contribution in [0.15, 0.2) is 0 Å². The Morgan fingerprint density at radius 2 is 1.92 bits per heavy atom. The molecule has 3 aliphatic rings. The molecule has 0 amide bonds. The molecule has 0 N–H and O–H groups in total. The lowest BCUT2D eigenvalue weighted by atomic mass is 9.44. The summed E-state index contributed by atoms with van der Waals surface area (Å²) in [6.45, 7) is 6.75. The van der Waals surface area contributed by atoms with E-state index in [0.717, 1.165) is 6.42 Å². The molecule has 0 spiro atoms. The van der Waals surface area contributed by atoms with Gasteiger partial charge in [0.05, 0.1) is 0 Å².